The van der Waals surface area contributed by atoms with E-state index in [4.69, 9.17) is 4.74 Å². The van der Waals surface area contributed by atoms with E-state index in [1.165, 1.54) is 0 Å². The average Bonchev–Trinajstić information content (AvgIpc) is 2.60. The van der Waals surface area contributed by atoms with Crippen LogP contribution in [0.4, 0.5) is 4.39 Å². The number of carbonyl (C=O) groups excluding carboxylic acids is 1. The maximum absolute atomic E-state index is 13.4. The van der Waals surface area contributed by atoms with Gasteiger partial charge in [-0.3, -0.25) is 0 Å². The lowest BCUT2D eigenvalue weighted by Gasteiger charge is -2.37. The van der Waals surface area contributed by atoms with Crippen molar-refractivity contribution in [2.24, 2.45) is 5.41 Å². The van der Waals surface area contributed by atoms with Crippen molar-refractivity contribution in [1.29, 1.82) is 0 Å². The van der Waals surface area contributed by atoms with E-state index in [9.17, 15) is 17.6 Å². The van der Waals surface area contributed by atoms with Gasteiger partial charge in [0.05, 0.1) is 24.2 Å². The number of benzene rings is 1. The maximum Gasteiger partial charge on any atom is 0.339 e. The zero-order valence-corrected chi connectivity index (χ0v) is 15.1. The number of methoxy groups -OCH3 is 2. The lowest BCUT2D eigenvalue weighted by atomic mass is 9.80. The molecule has 1 saturated heterocycles. The fourth-order valence-electron chi connectivity index (χ4n) is 2.97. The lowest BCUT2D eigenvalue weighted by Crippen LogP contribution is -2.47. The van der Waals surface area contributed by atoms with Gasteiger partial charge in [0, 0.05) is 19.1 Å². The lowest BCUT2D eigenvalue weighted by molar-refractivity contribution is 0.0576. The number of ether oxygens (including phenoxy) is 2. The molecule has 0 unspecified atom stereocenters. The number of nitrogens with one attached hydrogen (secondary N) is 2. The molecule has 0 radical (unpaired) electrons. The monoisotopic (exact) mass is 374 g/mol. The van der Waals surface area contributed by atoms with E-state index in [0.29, 0.717) is 6.61 Å². The summed E-state index contributed by atoms with van der Waals surface area (Å²) in [7, 11) is -1.32. The van der Waals surface area contributed by atoms with Crippen LogP contribution in [-0.4, -0.2) is 54.8 Å². The van der Waals surface area contributed by atoms with Gasteiger partial charge in [-0.15, -0.1) is 0 Å². The van der Waals surface area contributed by atoms with Crippen LogP contribution in [-0.2, 0) is 19.5 Å². The number of hydrogen-bond acceptors (Lipinski definition) is 6. The molecule has 0 spiro atoms. The Bertz CT molecular complexity index is 712. The quantitative estimate of drug-likeness (QED) is 0.689. The molecule has 1 fully saturated rings. The van der Waals surface area contributed by atoms with Crippen molar-refractivity contribution in [3.05, 3.63) is 29.6 Å². The van der Waals surface area contributed by atoms with Gasteiger partial charge < -0.3 is 14.8 Å². The number of hydrogen-bond donors (Lipinski definition) is 2. The van der Waals surface area contributed by atoms with Crippen LogP contribution >= 0.6 is 0 Å². The standard InChI is InChI=1S/C16H23FN2O5S/c1-23-11-16(5-7-18-8-6-16)10-19-25(21,22)14-4-3-12(17)9-13(14)15(20)24-2/h3-4,9,18-19H,5-8,10-11H2,1-2H3. The summed E-state index contributed by atoms with van der Waals surface area (Å²) in [4.78, 5) is 11.5. The topological polar surface area (TPSA) is 93.7 Å². The Balaban J connectivity index is 2.25. The Morgan fingerprint density at radius 3 is 2.60 bits per heavy atom. The van der Waals surface area contributed by atoms with Crippen molar-refractivity contribution in [2.75, 3.05) is 40.5 Å². The first-order valence-electron chi connectivity index (χ1n) is 7.91. The minimum Gasteiger partial charge on any atom is -0.465 e. The summed E-state index contributed by atoms with van der Waals surface area (Å²) in [5, 5.41) is 3.23. The van der Waals surface area contributed by atoms with Crippen LogP contribution in [0, 0.1) is 11.2 Å². The molecule has 9 heteroatoms. The van der Waals surface area contributed by atoms with Gasteiger partial charge in [0.2, 0.25) is 10.0 Å². The van der Waals surface area contributed by atoms with Crippen LogP contribution in [0.25, 0.3) is 0 Å². The highest BCUT2D eigenvalue weighted by Crippen LogP contribution is 2.29. The Labute approximate surface area is 146 Å². The van der Waals surface area contributed by atoms with E-state index in [2.05, 4.69) is 14.8 Å². The van der Waals surface area contributed by atoms with Crippen LogP contribution in [0.15, 0.2) is 23.1 Å². The molecule has 1 heterocycles. The van der Waals surface area contributed by atoms with E-state index in [1.807, 2.05) is 0 Å². The number of rotatable bonds is 7. The summed E-state index contributed by atoms with van der Waals surface area (Å²) in [6.45, 7) is 2.14. The SMILES string of the molecule is COCC1(CNS(=O)(=O)c2ccc(F)cc2C(=O)OC)CCNCC1. The van der Waals surface area contributed by atoms with E-state index < -0.39 is 21.8 Å². The predicted molar refractivity (Wildman–Crippen MR) is 89.3 cm³/mol. The third-order valence-corrected chi connectivity index (χ3v) is 5.85. The van der Waals surface area contributed by atoms with E-state index in [1.54, 1.807) is 7.11 Å². The van der Waals surface area contributed by atoms with E-state index in [0.717, 1.165) is 51.2 Å². The Kier molecular flexibility index (Phi) is 6.50. The molecule has 1 aromatic rings. The van der Waals surface area contributed by atoms with Gasteiger partial charge in [0.15, 0.2) is 0 Å². The van der Waals surface area contributed by atoms with Crippen molar-refractivity contribution in [3.63, 3.8) is 0 Å². The van der Waals surface area contributed by atoms with E-state index >= 15 is 0 Å². The predicted octanol–water partition coefficient (Wildman–Crippen LogP) is 0.907. The molecular formula is C16H23FN2O5S. The van der Waals surface area contributed by atoms with Gasteiger partial charge in [-0.2, -0.15) is 0 Å². The second kappa shape index (κ2) is 8.22. The van der Waals surface area contributed by atoms with Gasteiger partial charge in [0.1, 0.15) is 5.82 Å². The van der Waals surface area contributed by atoms with Crippen LogP contribution in [0.1, 0.15) is 23.2 Å². The Hall–Kier alpha value is -1.55. The first-order chi connectivity index (χ1) is 11.8. The van der Waals surface area contributed by atoms with Gasteiger partial charge >= 0.3 is 5.97 Å². The van der Waals surface area contributed by atoms with Crippen molar-refractivity contribution in [1.82, 2.24) is 10.0 Å². The zero-order valence-electron chi connectivity index (χ0n) is 14.3. The number of esters is 1. The van der Waals surface area contributed by atoms with Gasteiger partial charge in [0.25, 0.3) is 0 Å². The fourth-order valence-corrected chi connectivity index (χ4v) is 4.30. The molecule has 0 aromatic heterocycles. The maximum atomic E-state index is 13.4. The normalized spacial score (nSPS) is 17.2. The second-order valence-electron chi connectivity index (χ2n) is 6.14. The molecule has 2 rings (SSSR count). The number of halogens is 1. The molecule has 0 saturated carbocycles. The fraction of sp³-hybridized carbons (Fsp3) is 0.562. The Morgan fingerprint density at radius 2 is 2.00 bits per heavy atom. The first kappa shape index (κ1) is 19.8. The molecule has 2 N–H and O–H groups in total. The number of sulfonamides is 1. The molecule has 0 aliphatic carbocycles. The molecule has 140 valence electrons. The minimum absolute atomic E-state index is 0.169. The molecule has 0 bridgehead atoms. The summed E-state index contributed by atoms with van der Waals surface area (Å²) in [5.41, 5.74) is -0.653. The molecule has 7 nitrogen and oxygen atoms in total. The summed E-state index contributed by atoms with van der Waals surface area (Å²) in [6, 6.07) is 2.92. The smallest absolute Gasteiger partial charge is 0.339 e. The van der Waals surface area contributed by atoms with Crippen LogP contribution in [0.2, 0.25) is 0 Å². The second-order valence-corrected chi connectivity index (χ2v) is 7.88. The molecule has 1 aliphatic rings. The van der Waals surface area contributed by atoms with Crippen LogP contribution in [0.5, 0.6) is 0 Å². The average molecular weight is 374 g/mol. The highest BCUT2D eigenvalue weighted by Gasteiger charge is 2.34. The van der Waals surface area contributed by atoms with Crippen molar-refractivity contribution in [2.45, 2.75) is 17.7 Å². The summed E-state index contributed by atoms with van der Waals surface area (Å²) >= 11 is 0. The first-order valence-corrected chi connectivity index (χ1v) is 9.39. The van der Waals surface area contributed by atoms with Gasteiger partial charge in [-0.05, 0) is 44.1 Å². The van der Waals surface area contributed by atoms with Crippen LogP contribution in [0.3, 0.4) is 0 Å². The third-order valence-electron chi connectivity index (χ3n) is 4.39. The van der Waals surface area contributed by atoms with E-state index in [-0.39, 0.29) is 22.4 Å². The van der Waals surface area contributed by atoms with Crippen molar-refractivity contribution in [3.8, 4) is 0 Å². The summed E-state index contributed by atoms with van der Waals surface area (Å²) < 4.78 is 51.1. The molecule has 1 aromatic carbocycles. The Morgan fingerprint density at radius 1 is 1.32 bits per heavy atom. The van der Waals surface area contributed by atoms with Gasteiger partial charge in [-0.25, -0.2) is 22.3 Å². The summed E-state index contributed by atoms with van der Waals surface area (Å²) in [5.74, 6) is -1.62. The van der Waals surface area contributed by atoms with Gasteiger partial charge in [-0.1, -0.05) is 0 Å². The molecule has 0 amide bonds. The van der Waals surface area contributed by atoms with Crippen LogP contribution < -0.4 is 10.0 Å². The molecular weight excluding hydrogens is 351 g/mol. The third kappa shape index (κ3) is 4.75. The number of piperidine rings is 1. The van der Waals surface area contributed by atoms with Crippen molar-refractivity contribution >= 4 is 16.0 Å². The molecule has 25 heavy (non-hydrogen) atoms. The van der Waals surface area contributed by atoms with Crippen molar-refractivity contribution < 1.29 is 27.1 Å². The molecule has 1 aliphatic heterocycles. The largest absolute Gasteiger partial charge is 0.465 e. The highest BCUT2D eigenvalue weighted by molar-refractivity contribution is 7.89. The summed E-state index contributed by atoms with van der Waals surface area (Å²) in [6.07, 6.45) is 1.52. The highest BCUT2D eigenvalue weighted by atomic mass is 32.2. The number of carbonyl (C=O) groups is 1. The minimum atomic E-state index is -4.01. The molecule has 0 atom stereocenters. The zero-order chi connectivity index (χ0) is 18.5.